The summed E-state index contributed by atoms with van der Waals surface area (Å²) in [6, 6.07) is 8.28. The summed E-state index contributed by atoms with van der Waals surface area (Å²) in [4.78, 5) is 61.3. The van der Waals surface area contributed by atoms with Crippen LogP contribution in [-0.2, 0) is 29.1 Å². The van der Waals surface area contributed by atoms with Gasteiger partial charge in [-0.2, -0.15) is 13.2 Å². The van der Waals surface area contributed by atoms with Gasteiger partial charge in [0.15, 0.2) is 10.8 Å². The fourth-order valence-corrected chi connectivity index (χ4v) is 7.86. The lowest BCUT2D eigenvalue weighted by Gasteiger charge is -2.34. The Morgan fingerprint density at radius 3 is 2.29 bits per heavy atom. The SMILES string of the molecule is C=CC[C@@H]1C[C@@]1(NC(=O)[C@@H]1C[C@@H](n2nnc(-c3ccc(OC)cc3)n2)CC1C(=O)C(NC(=O)OC(C)(C)C)C(C)(C)C)C(=O)NS(=O)(=O)c1ccc(C)cn1. The standard InChI is InChI=1S/C38H50N8O8S/c1-10-11-24-20-38(24,34(49)44-55(51,52)29-17-12-22(2)21-39-29)41-33(48)28-19-25(46-43-32(42-45-46)23-13-15-26(53-9)16-14-23)18-27(28)30(47)31(36(3,4)5)40-35(50)54-37(6,7)8/h10,12-17,21,24-25,27-28,31H,1,11,18-20H2,2-9H3,(H,40,50)(H,41,48)(H,44,49)/t24-,25+,27?,28-,31?,38+/m1/s1. The smallest absolute Gasteiger partial charge is 0.408 e. The zero-order valence-corrected chi connectivity index (χ0v) is 33.3. The summed E-state index contributed by atoms with van der Waals surface area (Å²) in [6.45, 7) is 16.0. The minimum absolute atomic E-state index is 0.0827. The molecule has 16 nitrogen and oxygen atoms in total. The molecule has 3 amide bonds. The molecule has 0 saturated heterocycles. The number of aromatic nitrogens is 5. The fourth-order valence-electron chi connectivity index (χ4n) is 6.89. The van der Waals surface area contributed by atoms with E-state index in [1.54, 1.807) is 92.0 Å². The molecule has 0 spiro atoms. The highest BCUT2D eigenvalue weighted by molar-refractivity contribution is 7.90. The van der Waals surface area contributed by atoms with Crippen LogP contribution in [0.5, 0.6) is 5.75 Å². The number of tetrazole rings is 1. The number of pyridine rings is 1. The maximum absolute atomic E-state index is 14.6. The number of nitrogens with zero attached hydrogens (tertiary/aromatic N) is 5. The zero-order chi connectivity index (χ0) is 40.5. The third kappa shape index (κ3) is 9.37. The molecule has 17 heteroatoms. The van der Waals surface area contributed by atoms with Crippen molar-refractivity contribution in [2.75, 3.05) is 7.11 Å². The van der Waals surface area contributed by atoms with Crippen molar-refractivity contribution in [1.82, 2.24) is 40.5 Å². The summed E-state index contributed by atoms with van der Waals surface area (Å²) in [5.41, 5.74) is -1.83. The van der Waals surface area contributed by atoms with Crippen LogP contribution in [0.1, 0.15) is 78.8 Å². The Hall–Kier alpha value is -5.19. The molecule has 1 aromatic carbocycles. The van der Waals surface area contributed by atoms with Crippen LogP contribution >= 0.6 is 0 Å². The maximum Gasteiger partial charge on any atom is 0.408 e. The van der Waals surface area contributed by atoms with Gasteiger partial charge in [-0.15, -0.1) is 16.8 Å². The molecule has 55 heavy (non-hydrogen) atoms. The average molecular weight is 779 g/mol. The summed E-state index contributed by atoms with van der Waals surface area (Å²) in [6.07, 6.45) is 2.82. The molecule has 2 unspecified atom stereocenters. The lowest BCUT2D eigenvalue weighted by atomic mass is 9.77. The lowest BCUT2D eigenvalue weighted by Crippen LogP contribution is -2.56. The number of hydrogen-bond acceptors (Lipinski definition) is 12. The molecule has 2 fully saturated rings. The largest absolute Gasteiger partial charge is 0.497 e. The van der Waals surface area contributed by atoms with Crippen LogP contribution < -0.4 is 20.1 Å². The number of nitrogens with one attached hydrogen (secondary N) is 3. The molecule has 2 heterocycles. The Balaban J connectivity index is 1.46. The number of aryl methyl sites for hydroxylation is 1. The number of hydrogen-bond donors (Lipinski definition) is 3. The number of carbonyl (C=O) groups is 4. The van der Waals surface area contributed by atoms with Gasteiger partial charge in [0, 0.05) is 23.6 Å². The number of rotatable bonds is 13. The van der Waals surface area contributed by atoms with E-state index < -0.39 is 80.1 Å². The molecule has 0 aliphatic heterocycles. The van der Waals surface area contributed by atoms with E-state index in [0.717, 1.165) is 5.56 Å². The van der Waals surface area contributed by atoms with E-state index in [4.69, 9.17) is 9.47 Å². The van der Waals surface area contributed by atoms with Gasteiger partial charge in [-0.1, -0.05) is 32.9 Å². The second-order valence-corrected chi connectivity index (χ2v) is 18.0. The molecule has 296 valence electrons. The van der Waals surface area contributed by atoms with Gasteiger partial charge in [-0.25, -0.2) is 14.5 Å². The summed E-state index contributed by atoms with van der Waals surface area (Å²) in [7, 11) is -2.83. The third-order valence-corrected chi connectivity index (χ3v) is 11.1. The van der Waals surface area contributed by atoms with Crippen LogP contribution in [0, 0.1) is 30.1 Å². The molecular formula is C38H50N8O8S. The van der Waals surface area contributed by atoms with Crippen molar-refractivity contribution in [2.24, 2.45) is 23.2 Å². The van der Waals surface area contributed by atoms with Crippen LogP contribution in [0.4, 0.5) is 4.79 Å². The van der Waals surface area contributed by atoms with Gasteiger partial charge in [-0.05, 0) is 106 Å². The summed E-state index contributed by atoms with van der Waals surface area (Å²) >= 11 is 0. The van der Waals surface area contributed by atoms with Crippen LogP contribution in [0.3, 0.4) is 0 Å². The molecule has 3 aromatic rings. The monoisotopic (exact) mass is 778 g/mol. The minimum Gasteiger partial charge on any atom is -0.497 e. The maximum atomic E-state index is 14.6. The van der Waals surface area contributed by atoms with Gasteiger partial charge in [0.1, 0.15) is 16.9 Å². The first-order valence-electron chi connectivity index (χ1n) is 18.1. The number of allylic oxidation sites excluding steroid dienone is 1. The van der Waals surface area contributed by atoms with Crippen molar-refractivity contribution in [2.45, 2.75) is 102 Å². The Morgan fingerprint density at radius 1 is 1.04 bits per heavy atom. The van der Waals surface area contributed by atoms with Crippen molar-refractivity contribution in [3.63, 3.8) is 0 Å². The molecule has 5 rings (SSSR count). The molecule has 2 aromatic heterocycles. The van der Waals surface area contributed by atoms with Gasteiger partial charge < -0.3 is 20.1 Å². The van der Waals surface area contributed by atoms with Crippen LogP contribution in [0.15, 0.2) is 60.3 Å². The zero-order valence-electron chi connectivity index (χ0n) is 32.5. The number of methoxy groups -OCH3 is 1. The number of amides is 3. The van der Waals surface area contributed by atoms with Gasteiger partial charge in [0.25, 0.3) is 15.9 Å². The number of sulfonamides is 1. The Morgan fingerprint density at radius 2 is 1.71 bits per heavy atom. The molecule has 3 N–H and O–H groups in total. The minimum atomic E-state index is -4.39. The summed E-state index contributed by atoms with van der Waals surface area (Å²) in [5.74, 6) is -3.45. The molecule has 2 aliphatic carbocycles. The van der Waals surface area contributed by atoms with E-state index in [1.165, 1.54) is 17.1 Å². The number of ketones is 1. The number of alkyl carbamates (subject to hydrolysis) is 1. The number of carbonyl (C=O) groups excluding carboxylic acids is 4. The summed E-state index contributed by atoms with van der Waals surface area (Å²) in [5, 5.41) is 18.3. The first kappa shape index (κ1) is 41.0. The van der Waals surface area contributed by atoms with E-state index in [0.29, 0.717) is 23.6 Å². The van der Waals surface area contributed by atoms with E-state index in [9.17, 15) is 27.6 Å². The van der Waals surface area contributed by atoms with Crippen LogP contribution in [-0.4, -0.2) is 81.6 Å². The van der Waals surface area contributed by atoms with Crippen molar-refractivity contribution in [3.05, 3.63) is 60.8 Å². The Labute approximate surface area is 321 Å². The molecule has 0 radical (unpaired) electrons. The molecule has 6 atom stereocenters. The van der Waals surface area contributed by atoms with E-state index >= 15 is 0 Å². The molecule has 2 saturated carbocycles. The normalized spacial score (nSPS) is 22.9. The second kappa shape index (κ2) is 15.5. The van der Waals surface area contributed by atoms with Gasteiger partial charge in [0.2, 0.25) is 11.7 Å². The first-order chi connectivity index (χ1) is 25.7. The molecular weight excluding hydrogens is 729 g/mol. The van der Waals surface area contributed by atoms with E-state index in [-0.39, 0.29) is 24.3 Å². The number of benzene rings is 1. The van der Waals surface area contributed by atoms with Gasteiger partial charge in [-0.3, -0.25) is 14.4 Å². The topological polar surface area (TPSA) is 213 Å². The quantitative estimate of drug-likeness (QED) is 0.210. The predicted octanol–water partition coefficient (Wildman–Crippen LogP) is 4.08. The van der Waals surface area contributed by atoms with Crippen molar-refractivity contribution >= 4 is 33.7 Å². The van der Waals surface area contributed by atoms with Crippen molar-refractivity contribution in [1.29, 1.82) is 0 Å². The molecule has 2 aliphatic rings. The Kier molecular flexibility index (Phi) is 11.6. The number of ether oxygens (including phenoxy) is 2. The highest BCUT2D eigenvalue weighted by Gasteiger charge is 2.62. The predicted molar refractivity (Wildman–Crippen MR) is 201 cm³/mol. The van der Waals surface area contributed by atoms with E-state index in [1.807, 2.05) is 0 Å². The highest BCUT2D eigenvalue weighted by atomic mass is 32.2. The second-order valence-electron chi connectivity index (χ2n) is 16.3. The van der Waals surface area contributed by atoms with Crippen molar-refractivity contribution < 1.29 is 37.1 Å². The number of Topliss-reactive ketones (excluding diaryl/α,β-unsaturated/α-hetero) is 1. The Bertz CT molecular complexity index is 2040. The van der Waals surface area contributed by atoms with Crippen LogP contribution in [0.25, 0.3) is 11.4 Å². The van der Waals surface area contributed by atoms with E-state index in [2.05, 4.69) is 42.3 Å². The first-order valence-corrected chi connectivity index (χ1v) is 19.6. The highest BCUT2D eigenvalue weighted by Crippen LogP contribution is 2.48. The third-order valence-electron chi connectivity index (χ3n) is 9.85. The van der Waals surface area contributed by atoms with Gasteiger partial charge >= 0.3 is 6.09 Å². The van der Waals surface area contributed by atoms with Crippen molar-refractivity contribution in [3.8, 4) is 17.1 Å². The van der Waals surface area contributed by atoms with Crippen LogP contribution in [0.2, 0.25) is 0 Å². The lowest BCUT2D eigenvalue weighted by molar-refractivity contribution is -0.137. The average Bonchev–Trinajstić information content (AvgIpc) is 3.41. The molecule has 0 bridgehead atoms. The summed E-state index contributed by atoms with van der Waals surface area (Å²) < 4.78 is 39.3. The van der Waals surface area contributed by atoms with Gasteiger partial charge in [0.05, 0.1) is 19.2 Å². The fraction of sp³-hybridized carbons (Fsp3) is 0.526.